The van der Waals surface area contributed by atoms with E-state index in [-0.39, 0.29) is 12.3 Å². The highest BCUT2D eigenvalue weighted by Gasteiger charge is 2.03. The molecule has 0 unspecified atom stereocenters. The summed E-state index contributed by atoms with van der Waals surface area (Å²) in [5, 5.41) is 11.3. The maximum Gasteiger partial charge on any atom is 0.303 e. The van der Waals surface area contributed by atoms with Gasteiger partial charge in [-0.05, 0) is 36.8 Å². The lowest BCUT2D eigenvalue weighted by molar-refractivity contribution is -0.137. The molecule has 5 heteroatoms. The largest absolute Gasteiger partial charge is 0.481 e. The molecule has 98 valence electrons. The molecular formula is C13H17NO3S. The number of carboxylic acid groups (broad SMARTS) is 1. The Hall–Kier alpha value is -1.49. The first-order valence-corrected chi connectivity index (χ1v) is 6.89. The fourth-order valence-electron chi connectivity index (χ4n) is 1.41. The standard InChI is InChI=1S/C13H17NO3S/c1-10-4-2-5-11(8-10)14-12(15)9-18-7-3-6-13(16)17/h2,4-5,8H,3,6-7,9H2,1H3,(H,14,15)(H,16,17). The minimum atomic E-state index is -0.792. The summed E-state index contributed by atoms with van der Waals surface area (Å²) in [5.41, 5.74) is 1.90. The van der Waals surface area contributed by atoms with E-state index in [1.807, 2.05) is 31.2 Å². The molecule has 1 rings (SSSR count). The number of amides is 1. The van der Waals surface area contributed by atoms with E-state index in [4.69, 9.17) is 5.11 Å². The van der Waals surface area contributed by atoms with Gasteiger partial charge in [0, 0.05) is 12.1 Å². The molecule has 1 aromatic rings. The predicted octanol–water partition coefficient (Wildman–Crippen LogP) is 2.53. The van der Waals surface area contributed by atoms with Gasteiger partial charge in [-0.25, -0.2) is 0 Å². The third-order valence-electron chi connectivity index (χ3n) is 2.21. The van der Waals surface area contributed by atoms with Crippen molar-refractivity contribution >= 4 is 29.3 Å². The molecule has 0 aliphatic rings. The summed E-state index contributed by atoms with van der Waals surface area (Å²) in [7, 11) is 0. The van der Waals surface area contributed by atoms with Crippen molar-refractivity contribution in [1.29, 1.82) is 0 Å². The molecule has 0 heterocycles. The van der Waals surface area contributed by atoms with E-state index in [1.165, 1.54) is 11.8 Å². The monoisotopic (exact) mass is 267 g/mol. The Bertz CT molecular complexity index is 420. The van der Waals surface area contributed by atoms with Gasteiger partial charge in [-0.2, -0.15) is 11.8 Å². The average molecular weight is 267 g/mol. The second-order valence-electron chi connectivity index (χ2n) is 3.97. The van der Waals surface area contributed by atoms with Crippen molar-refractivity contribution in [1.82, 2.24) is 0 Å². The highest BCUT2D eigenvalue weighted by Crippen LogP contribution is 2.11. The van der Waals surface area contributed by atoms with Gasteiger partial charge in [-0.1, -0.05) is 12.1 Å². The van der Waals surface area contributed by atoms with Gasteiger partial charge in [0.25, 0.3) is 0 Å². The van der Waals surface area contributed by atoms with Gasteiger partial charge in [0.1, 0.15) is 0 Å². The van der Waals surface area contributed by atoms with Gasteiger partial charge in [0.15, 0.2) is 0 Å². The van der Waals surface area contributed by atoms with Crippen LogP contribution < -0.4 is 5.32 Å². The van der Waals surface area contributed by atoms with Crippen molar-refractivity contribution < 1.29 is 14.7 Å². The minimum Gasteiger partial charge on any atom is -0.481 e. The van der Waals surface area contributed by atoms with E-state index in [1.54, 1.807) is 0 Å². The lowest BCUT2D eigenvalue weighted by atomic mass is 10.2. The summed E-state index contributed by atoms with van der Waals surface area (Å²) < 4.78 is 0. The van der Waals surface area contributed by atoms with Crippen LogP contribution in [-0.2, 0) is 9.59 Å². The van der Waals surface area contributed by atoms with Crippen LogP contribution in [-0.4, -0.2) is 28.5 Å². The van der Waals surface area contributed by atoms with Crippen molar-refractivity contribution in [2.24, 2.45) is 0 Å². The minimum absolute atomic E-state index is 0.0547. The third kappa shape index (κ3) is 6.30. The third-order valence-corrected chi connectivity index (χ3v) is 3.26. The molecule has 0 saturated carbocycles. The van der Waals surface area contributed by atoms with Crippen molar-refractivity contribution in [2.45, 2.75) is 19.8 Å². The fraction of sp³-hybridized carbons (Fsp3) is 0.385. The second-order valence-corrected chi connectivity index (χ2v) is 5.07. The van der Waals surface area contributed by atoms with Gasteiger partial charge >= 0.3 is 5.97 Å². The van der Waals surface area contributed by atoms with Gasteiger partial charge in [0.05, 0.1) is 5.75 Å². The maximum absolute atomic E-state index is 11.6. The number of rotatable bonds is 7. The first kappa shape index (κ1) is 14.6. The summed E-state index contributed by atoms with van der Waals surface area (Å²) in [5.74, 6) is 0.196. The normalized spacial score (nSPS) is 10.1. The first-order chi connectivity index (χ1) is 8.58. The summed E-state index contributed by atoms with van der Waals surface area (Å²) in [6, 6.07) is 7.62. The average Bonchev–Trinajstić information content (AvgIpc) is 2.28. The zero-order chi connectivity index (χ0) is 13.4. The number of hydrogen-bond donors (Lipinski definition) is 2. The molecule has 0 atom stereocenters. The lowest BCUT2D eigenvalue weighted by Gasteiger charge is -2.05. The lowest BCUT2D eigenvalue weighted by Crippen LogP contribution is -2.14. The summed E-state index contributed by atoms with van der Waals surface area (Å²) in [6.07, 6.45) is 0.754. The summed E-state index contributed by atoms with van der Waals surface area (Å²) in [6.45, 7) is 1.97. The van der Waals surface area contributed by atoms with Crippen LogP contribution in [0.1, 0.15) is 18.4 Å². The Morgan fingerprint density at radius 3 is 2.83 bits per heavy atom. The van der Waals surface area contributed by atoms with Gasteiger partial charge < -0.3 is 10.4 Å². The van der Waals surface area contributed by atoms with Crippen molar-refractivity contribution in [3.8, 4) is 0 Å². The molecule has 0 aliphatic heterocycles. The Kier molecular flexibility index (Phi) is 6.28. The molecule has 1 amide bonds. The maximum atomic E-state index is 11.6. The number of benzene rings is 1. The van der Waals surface area contributed by atoms with Crippen molar-refractivity contribution in [3.05, 3.63) is 29.8 Å². The van der Waals surface area contributed by atoms with E-state index < -0.39 is 5.97 Å². The SMILES string of the molecule is Cc1cccc(NC(=O)CSCCCC(=O)O)c1. The molecule has 1 aromatic carbocycles. The summed E-state index contributed by atoms with van der Waals surface area (Å²) in [4.78, 5) is 21.9. The van der Waals surface area contributed by atoms with Gasteiger partial charge in [0.2, 0.25) is 5.91 Å². The molecule has 0 saturated heterocycles. The van der Waals surface area contributed by atoms with Crippen LogP contribution in [0, 0.1) is 6.92 Å². The second kappa shape index (κ2) is 7.76. The van der Waals surface area contributed by atoms with Crippen LogP contribution in [0.4, 0.5) is 5.69 Å². The molecule has 0 spiro atoms. The van der Waals surface area contributed by atoms with Crippen molar-refractivity contribution in [3.63, 3.8) is 0 Å². The molecule has 0 radical (unpaired) electrons. The number of carbonyl (C=O) groups excluding carboxylic acids is 1. The topological polar surface area (TPSA) is 66.4 Å². The molecule has 0 fully saturated rings. The zero-order valence-corrected chi connectivity index (χ0v) is 11.1. The fourth-order valence-corrected chi connectivity index (χ4v) is 2.16. The smallest absolute Gasteiger partial charge is 0.303 e. The van der Waals surface area contributed by atoms with E-state index in [9.17, 15) is 9.59 Å². The highest BCUT2D eigenvalue weighted by atomic mass is 32.2. The summed E-state index contributed by atoms with van der Waals surface area (Å²) >= 11 is 1.45. The van der Waals surface area contributed by atoms with Crippen LogP contribution >= 0.6 is 11.8 Å². The number of hydrogen-bond acceptors (Lipinski definition) is 3. The predicted molar refractivity (Wildman–Crippen MR) is 74.0 cm³/mol. The Morgan fingerprint density at radius 1 is 1.39 bits per heavy atom. The molecule has 0 aromatic heterocycles. The van der Waals surface area contributed by atoms with E-state index >= 15 is 0 Å². The Balaban J connectivity index is 2.20. The number of carboxylic acids is 1. The van der Waals surface area contributed by atoms with Crippen LogP contribution in [0.5, 0.6) is 0 Å². The molecular weight excluding hydrogens is 250 g/mol. The molecule has 2 N–H and O–H groups in total. The zero-order valence-electron chi connectivity index (χ0n) is 10.3. The quantitative estimate of drug-likeness (QED) is 0.745. The molecule has 0 bridgehead atoms. The van der Waals surface area contributed by atoms with Crippen LogP contribution in [0.25, 0.3) is 0 Å². The van der Waals surface area contributed by atoms with Gasteiger partial charge in [-0.3, -0.25) is 9.59 Å². The van der Waals surface area contributed by atoms with Gasteiger partial charge in [-0.15, -0.1) is 0 Å². The highest BCUT2D eigenvalue weighted by molar-refractivity contribution is 7.99. The van der Waals surface area contributed by atoms with Crippen LogP contribution in [0.2, 0.25) is 0 Å². The number of nitrogens with one attached hydrogen (secondary N) is 1. The number of thioether (sulfide) groups is 1. The number of aliphatic carboxylic acids is 1. The van der Waals surface area contributed by atoms with Crippen LogP contribution in [0.3, 0.4) is 0 Å². The Labute approximate surface area is 111 Å². The first-order valence-electron chi connectivity index (χ1n) is 5.74. The molecule has 18 heavy (non-hydrogen) atoms. The molecule has 0 aliphatic carbocycles. The molecule has 4 nitrogen and oxygen atoms in total. The number of anilines is 1. The van der Waals surface area contributed by atoms with Crippen molar-refractivity contribution in [2.75, 3.05) is 16.8 Å². The van der Waals surface area contributed by atoms with Crippen LogP contribution in [0.15, 0.2) is 24.3 Å². The number of carbonyl (C=O) groups is 2. The number of aryl methyl sites for hydroxylation is 1. The Morgan fingerprint density at radius 2 is 2.17 bits per heavy atom. The van der Waals surface area contributed by atoms with E-state index in [2.05, 4.69) is 5.32 Å². The van der Waals surface area contributed by atoms with E-state index in [0.29, 0.717) is 17.9 Å². The van der Waals surface area contributed by atoms with E-state index in [0.717, 1.165) is 11.3 Å².